The van der Waals surface area contributed by atoms with Gasteiger partial charge in [-0.25, -0.2) is 9.97 Å². The van der Waals surface area contributed by atoms with Crippen LogP contribution in [0.3, 0.4) is 0 Å². The molecule has 3 N–H and O–H groups in total. The molecule has 6 nitrogen and oxygen atoms in total. The van der Waals surface area contributed by atoms with Gasteiger partial charge in [0, 0.05) is 12.7 Å². The highest BCUT2D eigenvalue weighted by molar-refractivity contribution is 7.80. The van der Waals surface area contributed by atoms with Crippen molar-refractivity contribution in [1.29, 1.82) is 0 Å². The summed E-state index contributed by atoms with van der Waals surface area (Å²) in [6.45, 7) is 3.52. The molecule has 0 spiro atoms. The average Bonchev–Trinajstić information content (AvgIpc) is 2.38. The number of anilines is 1. The van der Waals surface area contributed by atoms with E-state index in [4.69, 9.17) is 22.7 Å². The first-order valence-corrected chi connectivity index (χ1v) is 6.13. The lowest BCUT2D eigenvalue weighted by Gasteiger charge is -2.36. The summed E-state index contributed by atoms with van der Waals surface area (Å²) >= 11 is 5.01. The number of aliphatic hydroxyl groups excluding tert-OH is 1. The summed E-state index contributed by atoms with van der Waals surface area (Å²) in [5.74, 6) is 1.32. The number of aryl methyl sites for hydroxylation is 1. The number of morpholine rings is 1. The van der Waals surface area contributed by atoms with E-state index >= 15 is 0 Å². The van der Waals surface area contributed by atoms with Gasteiger partial charge in [-0.15, -0.1) is 0 Å². The quantitative estimate of drug-likeness (QED) is 0.723. The van der Waals surface area contributed by atoms with E-state index in [0.29, 0.717) is 37.0 Å². The summed E-state index contributed by atoms with van der Waals surface area (Å²) < 4.78 is 5.35. The minimum absolute atomic E-state index is 0.000175. The van der Waals surface area contributed by atoms with Gasteiger partial charge in [0.15, 0.2) is 0 Å². The van der Waals surface area contributed by atoms with E-state index in [1.165, 1.54) is 0 Å². The van der Waals surface area contributed by atoms with Crippen molar-refractivity contribution < 1.29 is 9.84 Å². The number of hydrogen-bond acceptors (Lipinski definition) is 6. The van der Waals surface area contributed by atoms with Crippen LogP contribution in [0.4, 0.5) is 5.82 Å². The van der Waals surface area contributed by atoms with E-state index in [1.54, 1.807) is 13.1 Å². The fraction of sp³-hybridized carbons (Fsp3) is 0.545. The first kappa shape index (κ1) is 13.1. The van der Waals surface area contributed by atoms with Gasteiger partial charge in [-0.05, 0) is 6.92 Å². The van der Waals surface area contributed by atoms with Crippen LogP contribution < -0.4 is 10.6 Å². The molecule has 0 radical (unpaired) electrons. The monoisotopic (exact) mass is 268 g/mol. The molecule has 2 rings (SSSR count). The van der Waals surface area contributed by atoms with Gasteiger partial charge < -0.3 is 20.5 Å². The topological polar surface area (TPSA) is 84.5 Å². The van der Waals surface area contributed by atoms with Crippen molar-refractivity contribution in [2.24, 2.45) is 5.73 Å². The van der Waals surface area contributed by atoms with Gasteiger partial charge in [-0.2, -0.15) is 0 Å². The summed E-state index contributed by atoms with van der Waals surface area (Å²) in [6.07, 6.45) is 1.63. The first-order chi connectivity index (χ1) is 8.63. The molecule has 0 bridgehead atoms. The number of aliphatic hydroxyl groups is 1. The van der Waals surface area contributed by atoms with E-state index in [-0.39, 0.29) is 17.6 Å². The summed E-state index contributed by atoms with van der Waals surface area (Å²) in [5, 5.41) is 9.39. The van der Waals surface area contributed by atoms with Gasteiger partial charge >= 0.3 is 0 Å². The SMILES string of the molecule is Cc1ncc(C(N)=S)c(N2CCOCC2CO)n1. The third-order valence-electron chi connectivity index (χ3n) is 2.86. The zero-order chi connectivity index (χ0) is 13.1. The maximum Gasteiger partial charge on any atom is 0.143 e. The highest BCUT2D eigenvalue weighted by atomic mass is 32.1. The molecule has 1 aromatic heterocycles. The molecule has 0 saturated carbocycles. The summed E-state index contributed by atoms with van der Waals surface area (Å²) in [7, 11) is 0. The van der Waals surface area contributed by atoms with Crippen LogP contribution in [-0.4, -0.2) is 52.5 Å². The third-order valence-corrected chi connectivity index (χ3v) is 3.08. The Labute approximate surface area is 111 Å². The minimum atomic E-state index is -0.124. The molecule has 1 aliphatic heterocycles. The van der Waals surface area contributed by atoms with Gasteiger partial charge in [-0.1, -0.05) is 12.2 Å². The molecule has 1 atom stereocenters. The molecule has 98 valence electrons. The maximum atomic E-state index is 9.39. The lowest BCUT2D eigenvalue weighted by Crippen LogP contribution is -2.48. The number of ether oxygens (including phenoxy) is 1. The number of aromatic nitrogens is 2. The van der Waals surface area contributed by atoms with Crippen LogP contribution in [0.2, 0.25) is 0 Å². The lowest BCUT2D eigenvalue weighted by molar-refractivity contribution is 0.0722. The van der Waals surface area contributed by atoms with Crippen LogP contribution in [0.1, 0.15) is 11.4 Å². The fourth-order valence-corrected chi connectivity index (χ4v) is 2.08. The zero-order valence-corrected chi connectivity index (χ0v) is 11.0. The van der Waals surface area contributed by atoms with Crippen molar-refractivity contribution in [3.8, 4) is 0 Å². The van der Waals surface area contributed by atoms with Crippen molar-refractivity contribution in [1.82, 2.24) is 9.97 Å². The minimum Gasteiger partial charge on any atom is -0.394 e. The number of rotatable bonds is 3. The Morgan fingerprint density at radius 1 is 1.72 bits per heavy atom. The van der Waals surface area contributed by atoms with Crippen LogP contribution in [0.25, 0.3) is 0 Å². The van der Waals surface area contributed by atoms with E-state index in [2.05, 4.69) is 9.97 Å². The van der Waals surface area contributed by atoms with Gasteiger partial charge in [0.05, 0.1) is 31.4 Å². The third kappa shape index (κ3) is 2.58. The Balaban J connectivity index is 2.41. The summed E-state index contributed by atoms with van der Waals surface area (Å²) in [5.41, 5.74) is 6.32. The molecule has 0 aromatic carbocycles. The van der Waals surface area contributed by atoms with Crippen molar-refractivity contribution in [2.75, 3.05) is 31.3 Å². The zero-order valence-electron chi connectivity index (χ0n) is 10.2. The van der Waals surface area contributed by atoms with Gasteiger partial charge in [0.2, 0.25) is 0 Å². The number of nitrogens with zero attached hydrogens (tertiary/aromatic N) is 3. The van der Waals surface area contributed by atoms with Crippen molar-refractivity contribution >= 4 is 23.0 Å². The van der Waals surface area contributed by atoms with Crippen LogP contribution in [-0.2, 0) is 4.74 Å². The molecule has 0 amide bonds. The number of nitrogens with two attached hydrogens (primary N) is 1. The molecule has 7 heteroatoms. The maximum absolute atomic E-state index is 9.39. The number of hydrogen-bond donors (Lipinski definition) is 2. The second-order valence-corrected chi connectivity index (χ2v) is 4.56. The van der Waals surface area contributed by atoms with E-state index in [1.807, 2.05) is 4.90 Å². The summed E-state index contributed by atoms with van der Waals surface area (Å²) in [6, 6.07) is -0.124. The predicted molar refractivity (Wildman–Crippen MR) is 71.7 cm³/mol. The molecule has 0 aliphatic carbocycles. The van der Waals surface area contributed by atoms with Gasteiger partial charge in [-0.3, -0.25) is 0 Å². The molecular weight excluding hydrogens is 252 g/mol. The van der Waals surface area contributed by atoms with Crippen LogP contribution >= 0.6 is 12.2 Å². The molecule has 1 fully saturated rings. The Hall–Kier alpha value is -1.31. The smallest absolute Gasteiger partial charge is 0.143 e. The van der Waals surface area contributed by atoms with E-state index < -0.39 is 0 Å². The average molecular weight is 268 g/mol. The van der Waals surface area contributed by atoms with Gasteiger partial charge in [0.1, 0.15) is 16.6 Å². The van der Waals surface area contributed by atoms with Crippen molar-refractivity contribution in [3.63, 3.8) is 0 Å². The number of thiocarbonyl (C=S) groups is 1. The fourth-order valence-electron chi connectivity index (χ4n) is 1.94. The molecule has 1 aliphatic rings. The molecule has 18 heavy (non-hydrogen) atoms. The molecule has 1 saturated heterocycles. The molecule has 1 unspecified atom stereocenters. The van der Waals surface area contributed by atoms with E-state index in [0.717, 1.165) is 0 Å². The van der Waals surface area contributed by atoms with E-state index in [9.17, 15) is 5.11 Å². The predicted octanol–water partition coefficient (Wildman–Crippen LogP) is -0.383. The second-order valence-electron chi connectivity index (χ2n) is 4.12. The van der Waals surface area contributed by atoms with Crippen molar-refractivity contribution in [2.45, 2.75) is 13.0 Å². The highest BCUT2D eigenvalue weighted by Gasteiger charge is 2.26. The molecular formula is C11H16N4O2S. The Bertz CT molecular complexity index is 455. The highest BCUT2D eigenvalue weighted by Crippen LogP contribution is 2.21. The molecule has 2 heterocycles. The van der Waals surface area contributed by atoms with Crippen LogP contribution in [0, 0.1) is 6.92 Å². The Morgan fingerprint density at radius 3 is 3.17 bits per heavy atom. The Morgan fingerprint density at radius 2 is 2.50 bits per heavy atom. The summed E-state index contributed by atoms with van der Waals surface area (Å²) in [4.78, 5) is 10.7. The second kappa shape index (κ2) is 5.55. The van der Waals surface area contributed by atoms with Crippen LogP contribution in [0.5, 0.6) is 0 Å². The Kier molecular flexibility index (Phi) is 4.05. The standard InChI is InChI=1S/C11H16N4O2S/c1-7-13-4-9(10(12)18)11(14-7)15-2-3-17-6-8(15)5-16/h4,8,16H,2-3,5-6H2,1H3,(H2,12,18). The largest absolute Gasteiger partial charge is 0.394 e. The van der Waals surface area contributed by atoms with Crippen LogP contribution in [0.15, 0.2) is 6.20 Å². The molecule has 1 aromatic rings. The van der Waals surface area contributed by atoms with Gasteiger partial charge in [0.25, 0.3) is 0 Å². The first-order valence-electron chi connectivity index (χ1n) is 5.72. The van der Waals surface area contributed by atoms with Crippen molar-refractivity contribution in [3.05, 3.63) is 17.6 Å². The normalized spacial score (nSPS) is 19.9. The lowest BCUT2D eigenvalue weighted by atomic mass is 10.2.